The van der Waals surface area contributed by atoms with E-state index in [9.17, 15) is 4.79 Å². The van der Waals surface area contributed by atoms with Gasteiger partial charge in [0.15, 0.2) is 5.69 Å². The third-order valence-electron chi connectivity index (χ3n) is 2.55. The fourth-order valence-electron chi connectivity index (χ4n) is 1.64. The van der Waals surface area contributed by atoms with Crippen LogP contribution in [0.25, 0.3) is 0 Å². The Morgan fingerprint density at radius 1 is 1.55 bits per heavy atom. The van der Waals surface area contributed by atoms with E-state index in [0.29, 0.717) is 18.0 Å². The van der Waals surface area contributed by atoms with Gasteiger partial charge in [0.2, 0.25) is 0 Å². The zero-order valence-corrected chi connectivity index (χ0v) is 12.0. The first-order valence-electron chi connectivity index (χ1n) is 5.96. The van der Waals surface area contributed by atoms with E-state index in [1.807, 2.05) is 11.4 Å². The van der Waals surface area contributed by atoms with Gasteiger partial charge < -0.3 is 14.5 Å². The van der Waals surface area contributed by atoms with Crippen LogP contribution in [0.1, 0.15) is 26.7 Å². The van der Waals surface area contributed by atoms with Crippen LogP contribution in [-0.2, 0) is 6.54 Å². The largest absolute Gasteiger partial charge is 0.384 e. The summed E-state index contributed by atoms with van der Waals surface area (Å²) in [6.45, 7) is 2.07. The summed E-state index contributed by atoms with van der Waals surface area (Å²) in [5.41, 5.74) is 1.15. The zero-order valence-electron chi connectivity index (χ0n) is 11.2. The lowest BCUT2D eigenvalue weighted by atomic mass is 10.3. The Balaban J connectivity index is 2.02. The molecule has 2 heterocycles. The van der Waals surface area contributed by atoms with Crippen molar-refractivity contribution >= 4 is 17.2 Å². The summed E-state index contributed by atoms with van der Waals surface area (Å²) in [5, 5.41) is 14.3. The third kappa shape index (κ3) is 3.47. The van der Waals surface area contributed by atoms with Gasteiger partial charge in [-0.1, -0.05) is 17.0 Å². The van der Waals surface area contributed by atoms with Crippen molar-refractivity contribution in [2.45, 2.75) is 13.5 Å². The Bertz CT molecular complexity index is 663. The van der Waals surface area contributed by atoms with Gasteiger partial charge in [0.05, 0.1) is 6.54 Å². The topological polar surface area (TPSA) is 66.6 Å². The number of amides is 1. The lowest BCUT2D eigenvalue weighted by Crippen LogP contribution is -2.26. The first-order chi connectivity index (χ1) is 9.60. The highest BCUT2D eigenvalue weighted by Crippen LogP contribution is 2.16. The highest BCUT2D eigenvalue weighted by atomic mass is 32.1. The molecule has 20 heavy (non-hydrogen) atoms. The van der Waals surface area contributed by atoms with E-state index in [2.05, 4.69) is 17.0 Å². The van der Waals surface area contributed by atoms with E-state index in [1.165, 1.54) is 11.3 Å². The fraction of sp³-hybridized carbons (Fsp3) is 0.286. The summed E-state index contributed by atoms with van der Waals surface area (Å²) in [5.74, 6) is 5.85. The normalized spacial score (nSPS) is 9.95. The fourth-order valence-corrected chi connectivity index (χ4v) is 2.51. The smallest absolute Gasteiger partial charge is 0.276 e. The minimum atomic E-state index is -0.182. The monoisotopic (exact) mass is 290 g/mol. The molecular weight excluding hydrogens is 276 g/mol. The van der Waals surface area contributed by atoms with Crippen molar-refractivity contribution < 1.29 is 14.4 Å². The van der Waals surface area contributed by atoms with Crippen LogP contribution in [-0.4, -0.2) is 34.7 Å². The van der Waals surface area contributed by atoms with E-state index in [-0.39, 0.29) is 12.5 Å². The van der Waals surface area contributed by atoms with Gasteiger partial charge in [-0.05, 0) is 13.0 Å². The van der Waals surface area contributed by atoms with Crippen LogP contribution in [0.3, 0.4) is 0 Å². The Labute approximate surface area is 120 Å². The molecule has 0 atom stereocenters. The van der Waals surface area contributed by atoms with Crippen molar-refractivity contribution in [2.75, 3.05) is 13.7 Å². The Kier molecular flexibility index (Phi) is 4.56. The lowest BCUT2D eigenvalue weighted by molar-refractivity contribution is 0.0776. The van der Waals surface area contributed by atoms with Gasteiger partial charge in [0.1, 0.15) is 12.4 Å². The molecule has 0 aromatic carbocycles. The van der Waals surface area contributed by atoms with Crippen LogP contribution < -0.4 is 0 Å². The Hall–Kier alpha value is -2.10. The molecule has 0 aliphatic carbocycles. The predicted octanol–water partition coefficient (Wildman–Crippen LogP) is 1.66. The van der Waals surface area contributed by atoms with Crippen LogP contribution >= 0.6 is 11.3 Å². The van der Waals surface area contributed by atoms with Gasteiger partial charge in [0.25, 0.3) is 5.91 Å². The molecule has 0 fully saturated rings. The average molecular weight is 290 g/mol. The zero-order chi connectivity index (χ0) is 14.5. The number of aryl methyl sites for hydroxylation is 1. The molecule has 0 bridgehead atoms. The molecule has 5 nitrogen and oxygen atoms in total. The number of aliphatic hydroxyl groups is 1. The Morgan fingerprint density at radius 3 is 3.00 bits per heavy atom. The molecule has 2 aromatic rings. The molecule has 0 radical (unpaired) electrons. The molecule has 104 valence electrons. The maximum absolute atomic E-state index is 12.1. The minimum Gasteiger partial charge on any atom is -0.384 e. The SMILES string of the molecule is Cc1cc(C(=O)N(C)Cc2cc(C#CCO)cs2)no1. The lowest BCUT2D eigenvalue weighted by Gasteiger charge is -2.13. The predicted molar refractivity (Wildman–Crippen MR) is 75.3 cm³/mol. The molecule has 0 saturated carbocycles. The molecule has 0 unspecified atom stereocenters. The summed E-state index contributed by atoms with van der Waals surface area (Å²) >= 11 is 1.52. The third-order valence-corrected chi connectivity index (χ3v) is 3.47. The quantitative estimate of drug-likeness (QED) is 0.873. The second-order valence-corrected chi connectivity index (χ2v) is 5.24. The number of aliphatic hydroxyl groups excluding tert-OH is 1. The van der Waals surface area contributed by atoms with Crippen molar-refractivity contribution in [1.29, 1.82) is 0 Å². The van der Waals surface area contributed by atoms with Crippen LogP contribution in [0, 0.1) is 18.8 Å². The van der Waals surface area contributed by atoms with Crippen LogP contribution in [0.15, 0.2) is 22.0 Å². The van der Waals surface area contributed by atoms with Gasteiger partial charge in [0, 0.05) is 28.9 Å². The molecule has 0 aliphatic rings. The van der Waals surface area contributed by atoms with Crippen molar-refractivity contribution in [2.24, 2.45) is 0 Å². The summed E-state index contributed by atoms with van der Waals surface area (Å²) in [6, 6.07) is 3.52. The summed E-state index contributed by atoms with van der Waals surface area (Å²) < 4.78 is 4.90. The van der Waals surface area contributed by atoms with E-state index < -0.39 is 0 Å². The minimum absolute atomic E-state index is 0.158. The maximum atomic E-state index is 12.1. The van der Waals surface area contributed by atoms with Crippen LogP contribution in [0.5, 0.6) is 0 Å². The highest BCUT2D eigenvalue weighted by Gasteiger charge is 2.16. The number of aromatic nitrogens is 1. The van der Waals surface area contributed by atoms with Gasteiger partial charge >= 0.3 is 0 Å². The average Bonchev–Trinajstić information content (AvgIpc) is 3.04. The molecule has 0 spiro atoms. The molecule has 2 rings (SSSR count). The van der Waals surface area contributed by atoms with Gasteiger partial charge in [-0.15, -0.1) is 11.3 Å². The number of rotatable bonds is 3. The van der Waals surface area contributed by atoms with Gasteiger partial charge in [-0.25, -0.2) is 0 Å². The van der Waals surface area contributed by atoms with Crippen LogP contribution in [0.4, 0.5) is 0 Å². The van der Waals surface area contributed by atoms with E-state index in [0.717, 1.165) is 10.4 Å². The maximum Gasteiger partial charge on any atom is 0.276 e. The standard InChI is InChI=1S/C14H14N2O3S/c1-10-6-13(15-19-10)14(18)16(2)8-12-7-11(9-20-12)4-3-5-17/h6-7,9,17H,5,8H2,1-2H3. The van der Waals surface area contributed by atoms with Crippen molar-refractivity contribution in [1.82, 2.24) is 10.1 Å². The van der Waals surface area contributed by atoms with E-state index >= 15 is 0 Å². The summed E-state index contributed by atoms with van der Waals surface area (Å²) in [4.78, 5) is 14.7. The number of carbonyl (C=O) groups excluding carboxylic acids is 1. The molecule has 6 heteroatoms. The molecule has 2 aromatic heterocycles. The van der Waals surface area contributed by atoms with Crippen molar-refractivity contribution in [3.8, 4) is 11.8 Å². The first-order valence-corrected chi connectivity index (χ1v) is 6.84. The van der Waals surface area contributed by atoms with E-state index in [1.54, 1.807) is 24.9 Å². The number of hydrogen-bond donors (Lipinski definition) is 1. The first kappa shape index (κ1) is 14.3. The number of thiophene rings is 1. The Morgan fingerprint density at radius 2 is 2.35 bits per heavy atom. The molecular formula is C14H14N2O3S. The second kappa shape index (κ2) is 6.37. The number of hydrogen-bond acceptors (Lipinski definition) is 5. The van der Waals surface area contributed by atoms with E-state index in [4.69, 9.17) is 9.63 Å². The van der Waals surface area contributed by atoms with Gasteiger partial charge in [-0.2, -0.15) is 0 Å². The number of carbonyl (C=O) groups is 1. The van der Waals surface area contributed by atoms with Crippen LogP contribution in [0.2, 0.25) is 0 Å². The van der Waals surface area contributed by atoms with Gasteiger partial charge in [-0.3, -0.25) is 4.79 Å². The number of nitrogens with zero attached hydrogens (tertiary/aromatic N) is 2. The summed E-state index contributed by atoms with van der Waals surface area (Å²) in [6.07, 6.45) is 0. The molecule has 1 amide bonds. The van der Waals surface area contributed by atoms with Crippen molar-refractivity contribution in [3.05, 3.63) is 39.4 Å². The second-order valence-electron chi connectivity index (χ2n) is 4.25. The molecule has 1 N–H and O–H groups in total. The van der Waals surface area contributed by atoms with Crippen molar-refractivity contribution in [3.63, 3.8) is 0 Å². The summed E-state index contributed by atoms with van der Waals surface area (Å²) in [7, 11) is 1.71. The molecule has 0 saturated heterocycles. The highest BCUT2D eigenvalue weighted by molar-refractivity contribution is 7.10. The molecule has 0 aliphatic heterocycles.